The Kier molecular flexibility index (Phi) is 5.16. The van der Waals surface area contributed by atoms with E-state index in [1.54, 1.807) is 0 Å². The lowest BCUT2D eigenvalue weighted by Gasteiger charge is -2.43. The molecule has 6 rings (SSSR count). The minimum Gasteiger partial charge on any atom is -0.339 e. The van der Waals surface area contributed by atoms with Crippen molar-refractivity contribution in [1.82, 2.24) is 10.2 Å². The number of para-hydroxylation sites is 1. The van der Waals surface area contributed by atoms with E-state index in [0.717, 1.165) is 38.2 Å². The largest absolute Gasteiger partial charge is 0.339 e. The van der Waals surface area contributed by atoms with E-state index >= 15 is 0 Å². The fourth-order valence-corrected chi connectivity index (χ4v) is 6.49. The predicted molar refractivity (Wildman–Crippen MR) is 136 cm³/mol. The summed E-state index contributed by atoms with van der Waals surface area (Å²) >= 11 is 1.86. The second-order valence-corrected chi connectivity index (χ2v) is 10.1. The molecule has 1 aromatic heterocycles. The van der Waals surface area contributed by atoms with Crippen LogP contribution in [0.25, 0.3) is 20.5 Å². The molecule has 0 unspecified atom stereocenters. The second kappa shape index (κ2) is 8.32. The Morgan fingerprint density at radius 3 is 2.42 bits per heavy atom. The summed E-state index contributed by atoms with van der Waals surface area (Å²) in [4.78, 5) is 19.1. The second-order valence-electron chi connectivity index (χ2n) is 9.04. The topological polar surface area (TPSA) is 35.6 Å². The number of nitrogens with one attached hydrogen (secondary N) is 1. The highest BCUT2D eigenvalue weighted by Gasteiger charge is 2.50. The Bertz CT molecular complexity index is 1260. The number of anilines is 1. The maximum Gasteiger partial charge on any atom is 0.247 e. The SMILES string of the molecule is O=C1NCN(c2ccccc2)C12CCN(Cc1ccccc1-c1cc3ccccc3s1)CC2. The van der Waals surface area contributed by atoms with Gasteiger partial charge < -0.3 is 10.2 Å². The first-order chi connectivity index (χ1) is 16.2. The number of thiophene rings is 1. The van der Waals surface area contributed by atoms with E-state index in [1.165, 1.54) is 26.1 Å². The van der Waals surface area contributed by atoms with Gasteiger partial charge in [-0.1, -0.05) is 60.7 Å². The standard InChI is InChI=1S/C28H27N3OS/c32-27-28(31(20-29-27)23-10-2-1-3-11-23)14-16-30(17-15-28)19-22-9-4-6-12-24(22)26-18-21-8-5-7-13-25(21)33-26/h1-13,18H,14-17,19-20H2,(H,29,32). The maximum absolute atomic E-state index is 13.0. The van der Waals surface area contributed by atoms with Crippen molar-refractivity contribution in [3.05, 3.63) is 90.5 Å². The summed E-state index contributed by atoms with van der Waals surface area (Å²) in [6.45, 7) is 3.33. The molecule has 2 saturated heterocycles. The molecule has 0 bridgehead atoms. The molecular formula is C28H27N3OS. The first kappa shape index (κ1) is 20.5. The molecule has 2 aliphatic heterocycles. The summed E-state index contributed by atoms with van der Waals surface area (Å²) in [5, 5.41) is 4.41. The highest BCUT2D eigenvalue weighted by molar-refractivity contribution is 7.22. The van der Waals surface area contributed by atoms with Crippen LogP contribution in [0.3, 0.4) is 0 Å². The van der Waals surface area contributed by atoms with Crippen LogP contribution < -0.4 is 10.2 Å². The Labute approximate surface area is 198 Å². The average Bonchev–Trinajstić information content (AvgIpc) is 3.43. The number of carbonyl (C=O) groups excluding carboxylic acids is 1. The van der Waals surface area contributed by atoms with Crippen molar-refractivity contribution in [2.75, 3.05) is 24.7 Å². The molecule has 2 aliphatic rings. The van der Waals surface area contributed by atoms with Crippen LogP contribution in [0.15, 0.2) is 84.9 Å². The highest BCUT2D eigenvalue weighted by Crippen LogP contribution is 2.38. The van der Waals surface area contributed by atoms with Gasteiger partial charge in [-0.2, -0.15) is 0 Å². The average molecular weight is 454 g/mol. The van der Waals surface area contributed by atoms with Crippen LogP contribution in [0, 0.1) is 0 Å². The minimum atomic E-state index is -0.428. The smallest absolute Gasteiger partial charge is 0.247 e. The molecule has 0 saturated carbocycles. The Morgan fingerprint density at radius 1 is 0.879 bits per heavy atom. The zero-order valence-electron chi connectivity index (χ0n) is 18.5. The number of likely N-dealkylation sites (tertiary alicyclic amines) is 1. The molecule has 1 N–H and O–H groups in total. The van der Waals surface area contributed by atoms with Crippen LogP contribution in [-0.2, 0) is 11.3 Å². The molecule has 166 valence electrons. The van der Waals surface area contributed by atoms with Gasteiger partial charge >= 0.3 is 0 Å². The molecule has 3 heterocycles. The van der Waals surface area contributed by atoms with Crippen LogP contribution in [0.2, 0.25) is 0 Å². The van der Waals surface area contributed by atoms with Crippen molar-refractivity contribution in [2.45, 2.75) is 24.9 Å². The van der Waals surface area contributed by atoms with E-state index in [2.05, 4.69) is 81.8 Å². The van der Waals surface area contributed by atoms with Gasteiger partial charge in [-0.15, -0.1) is 11.3 Å². The van der Waals surface area contributed by atoms with Crippen molar-refractivity contribution in [3.8, 4) is 10.4 Å². The molecule has 0 radical (unpaired) electrons. The fraction of sp³-hybridized carbons (Fsp3) is 0.250. The van der Waals surface area contributed by atoms with Crippen LogP contribution >= 0.6 is 11.3 Å². The molecule has 33 heavy (non-hydrogen) atoms. The van der Waals surface area contributed by atoms with E-state index in [9.17, 15) is 4.79 Å². The molecule has 2 fully saturated rings. The van der Waals surface area contributed by atoms with Gasteiger partial charge in [0.05, 0.1) is 6.67 Å². The van der Waals surface area contributed by atoms with Crippen molar-refractivity contribution < 1.29 is 4.79 Å². The van der Waals surface area contributed by atoms with Crippen LogP contribution in [-0.4, -0.2) is 36.1 Å². The van der Waals surface area contributed by atoms with Gasteiger partial charge in [-0.05, 0) is 53.6 Å². The van der Waals surface area contributed by atoms with Crippen molar-refractivity contribution in [3.63, 3.8) is 0 Å². The molecule has 1 amide bonds. The third-order valence-corrected chi connectivity index (χ3v) is 8.34. The predicted octanol–water partition coefficient (Wildman–Crippen LogP) is 5.50. The molecule has 5 heteroatoms. The number of amides is 1. The van der Waals surface area contributed by atoms with Gasteiger partial charge in [-0.25, -0.2) is 0 Å². The zero-order valence-corrected chi connectivity index (χ0v) is 19.4. The van der Waals surface area contributed by atoms with Gasteiger partial charge in [0, 0.05) is 34.9 Å². The summed E-state index contributed by atoms with van der Waals surface area (Å²) in [6, 6.07) is 30.0. The lowest BCUT2D eigenvalue weighted by atomic mass is 9.85. The van der Waals surface area contributed by atoms with Crippen LogP contribution in [0.5, 0.6) is 0 Å². The number of fused-ring (bicyclic) bond motifs is 1. The Morgan fingerprint density at radius 2 is 1.61 bits per heavy atom. The van der Waals surface area contributed by atoms with Gasteiger partial charge in [0.1, 0.15) is 5.54 Å². The van der Waals surface area contributed by atoms with E-state index in [4.69, 9.17) is 0 Å². The fourth-order valence-electron chi connectivity index (χ4n) is 5.37. The Balaban J connectivity index is 1.22. The third-order valence-electron chi connectivity index (χ3n) is 7.19. The maximum atomic E-state index is 13.0. The van der Waals surface area contributed by atoms with Gasteiger partial charge in [0.15, 0.2) is 0 Å². The number of carbonyl (C=O) groups is 1. The van der Waals surface area contributed by atoms with Crippen molar-refractivity contribution in [1.29, 1.82) is 0 Å². The lowest BCUT2D eigenvalue weighted by Crippen LogP contribution is -2.56. The molecule has 0 aliphatic carbocycles. The third kappa shape index (κ3) is 3.62. The number of hydrogen-bond donors (Lipinski definition) is 1. The lowest BCUT2D eigenvalue weighted by molar-refractivity contribution is -0.125. The summed E-state index contributed by atoms with van der Waals surface area (Å²) < 4.78 is 1.33. The molecule has 0 atom stereocenters. The van der Waals surface area contributed by atoms with Gasteiger partial charge in [0.25, 0.3) is 0 Å². The molecule has 1 spiro atoms. The van der Waals surface area contributed by atoms with E-state index in [0.29, 0.717) is 6.67 Å². The van der Waals surface area contributed by atoms with Crippen molar-refractivity contribution >= 4 is 33.0 Å². The summed E-state index contributed by atoms with van der Waals surface area (Å²) in [7, 11) is 0. The molecular weight excluding hydrogens is 426 g/mol. The normalized spacial score (nSPS) is 18.2. The monoisotopic (exact) mass is 453 g/mol. The molecule has 3 aromatic carbocycles. The van der Waals surface area contributed by atoms with Crippen molar-refractivity contribution in [2.24, 2.45) is 0 Å². The van der Waals surface area contributed by atoms with E-state index in [-0.39, 0.29) is 5.91 Å². The molecule has 4 aromatic rings. The number of rotatable bonds is 4. The van der Waals surface area contributed by atoms with Crippen LogP contribution in [0.1, 0.15) is 18.4 Å². The summed E-state index contributed by atoms with van der Waals surface area (Å²) in [5.41, 5.74) is 3.38. The minimum absolute atomic E-state index is 0.177. The van der Waals surface area contributed by atoms with E-state index in [1.807, 2.05) is 29.5 Å². The number of hydrogen-bond acceptors (Lipinski definition) is 4. The van der Waals surface area contributed by atoms with Gasteiger partial charge in [-0.3, -0.25) is 9.69 Å². The first-order valence-corrected chi connectivity index (χ1v) is 12.4. The number of piperidine rings is 1. The van der Waals surface area contributed by atoms with Gasteiger partial charge in [0.2, 0.25) is 5.91 Å². The van der Waals surface area contributed by atoms with Crippen LogP contribution in [0.4, 0.5) is 5.69 Å². The highest BCUT2D eigenvalue weighted by atomic mass is 32.1. The van der Waals surface area contributed by atoms with E-state index < -0.39 is 5.54 Å². The number of nitrogens with zero attached hydrogens (tertiary/aromatic N) is 2. The summed E-state index contributed by atoms with van der Waals surface area (Å²) in [6.07, 6.45) is 1.69. The molecule has 4 nitrogen and oxygen atoms in total. The quantitative estimate of drug-likeness (QED) is 0.443. The summed E-state index contributed by atoms with van der Waals surface area (Å²) in [5.74, 6) is 0.177. The zero-order chi connectivity index (χ0) is 22.3. The number of benzene rings is 3. The first-order valence-electron chi connectivity index (χ1n) is 11.6. The Hall–Kier alpha value is -3.15.